The molecule has 1 N–H and O–H groups in total. The maximum Gasteiger partial charge on any atom is 0.342 e. The predicted molar refractivity (Wildman–Crippen MR) is 263 cm³/mol. The Kier molecular flexibility index (Phi) is 15.1. The summed E-state index contributed by atoms with van der Waals surface area (Å²) in [6.45, 7) is 2.40. The number of Topliss-reactive ketones (excluding diaryl/α,β-unsaturated/α-hetero) is 1. The van der Waals surface area contributed by atoms with Crippen LogP contribution in [0.15, 0.2) is 169 Å². The minimum atomic E-state index is -0.550. The van der Waals surface area contributed by atoms with Crippen LogP contribution in [0.2, 0.25) is 40.2 Å². The van der Waals surface area contributed by atoms with Gasteiger partial charge >= 0.3 is 6.03 Å². The van der Waals surface area contributed by atoms with Crippen LogP contribution in [0.1, 0.15) is 52.1 Å². The minimum absolute atomic E-state index is 0.000761. The summed E-state index contributed by atoms with van der Waals surface area (Å²) in [6.07, 6.45) is 0. The van der Waals surface area contributed by atoms with Gasteiger partial charge in [0.1, 0.15) is 0 Å². The number of ketones is 1. The van der Waals surface area contributed by atoms with E-state index in [0.29, 0.717) is 52.4 Å². The van der Waals surface area contributed by atoms with Crippen molar-refractivity contribution in [3.05, 3.63) is 237 Å². The molecule has 1 aliphatic heterocycles. The SMILES string of the molecule is CC1(c2ccccc2)CN(C(=O)Nc2ccc(Cl)c(Cl)c2)N=C1c1ccc(Cl)c(Cl)c1.O=C(C(c1ccccc1)c1ccc(Cl)c(Cl)c1)C(c1ccccc1)c1ccc(Cl)c(Cl)c1. The predicted octanol–water partition coefficient (Wildman–Crippen LogP) is 16.3. The molecule has 318 valence electrons. The second kappa shape index (κ2) is 20.5. The molecule has 0 radical (unpaired) electrons. The van der Waals surface area contributed by atoms with Crippen molar-refractivity contribution < 1.29 is 9.59 Å². The fraction of sp³-hybridized carbons (Fsp3) is 0.100. The Labute approximate surface area is 406 Å². The van der Waals surface area contributed by atoms with Gasteiger partial charge in [-0.05, 0) is 89.3 Å². The molecule has 13 heteroatoms. The van der Waals surface area contributed by atoms with Gasteiger partial charge in [0.25, 0.3) is 0 Å². The number of anilines is 1. The van der Waals surface area contributed by atoms with Gasteiger partial charge in [-0.1, -0.05) is 202 Å². The number of nitrogens with one attached hydrogen (secondary N) is 1. The molecule has 1 heterocycles. The molecular formula is C50H35Cl8N3O2. The van der Waals surface area contributed by atoms with Gasteiger partial charge in [0.05, 0.1) is 69.7 Å². The van der Waals surface area contributed by atoms with Crippen molar-refractivity contribution in [3.63, 3.8) is 0 Å². The molecule has 0 fully saturated rings. The van der Waals surface area contributed by atoms with Crippen molar-refractivity contribution in [1.29, 1.82) is 0 Å². The average Bonchev–Trinajstić information content (AvgIpc) is 3.65. The first-order chi connectivity index (χ1) is 30.2. The zero-order valence-corrected chi connectivity index (χ0v) is 39.2. The van der Waals surface area contributed by atoms with E-state index in [0.717, 1.165) is 39.1 Å². The molecule has 0 saturated heterocycles. The molecule has 7 aromatic carbocycles. The zero-order chi connectivity index (χ0) is 44.8. The largest absolute Gasteiger partial charge is 0.342 e. The maximum atomic E-state index is 14.3. The fourth-order valence-corrected chi connectivity index (χ4v) is 8.67. The normalized spacial score (nSPS) is 15.4. The number of nitrogens with zero attached hydrogens (tertiary/aromatic N) is 2. The number of rotatable bonds is 9. The molecular weight excluding hydrogens is 958 g/mol. The summed E-state index contributed by atoms with van der Waals surface area (Å²) < 4.78 is 0. The quantitative estimate of drug-likeness (QED) is 0.157. The molecule has 0 bridgehead atoms. The average molecular weight is 993 g/mol. The second-order valence-electron chi connectivity index (χ2n) is 14.8. The van der Waals surface area contributed by atoms with E-state index < -0.39 is 17.3 Å². The van der Waals surface area contributed by atoms with E-state index in [2.05, 4.69) is 17.3 Å². The van der Waals surface area contributed by atoms with E-state index in [1.807, 2.05) is 109 Å². The lowest BCUT2D eigenvalue weighted by Crippen LogP contribution is -2.38. The molecule has 2 amide bonds. The number of hydrogen-bond donors (Lipinski definition) is 1. The fourth-order valence-electron chi connectivity index (χ4n) is 7.46. The Balaban J connectivity index is 0.000000189. The smallest absolute Gasteiger partial charge is 0.306 e. The highest BCUT2D eigenvalue weighted by atomic mass is 35.5. The van der Waals surface area contributed by atoms with Crippen LogP contribution in [0.4, 0.5) is 10.5 Å². The van der Waals surface area contributed by atoms with Gasteiger partial charge in [0.2, 0.25) is 0 Å². The summed E-state index contributed by atoms with van der Waals surface area (Å²) in [4.78, 5) is 27.3. The lowest BCUT2D eigenvalue weighted by atomic mass is 9.76. The third kappa shape index (κ3) is 10.7. The number of hydrazone groups is 1. The van der Waals surface area contributed by atoms with Crippen LogP contribution in [0, 0.1) is 0 Å². The number of carbonyl (C=O) groups is 2. The molecule has 8 rings (SSSR count). The summed E-state index contributed by atoms with van der Waals surface area (Å²) in [5.41, 5.74) is 5.82. The third-order valence-corrected chi connectivity index (χ3v) is 13.6. The monoisotopic (exact) mass is 989 g/mol. The molecule has 0 spiro atoms. The summed E-state index contributed by atoms with van der Waals surface area (Å²) in [5, 5.41) is 12.3. The van der Waals surface area contributed by atoms with Crippen LogP contribution in [0.5, 0.6) is 0 Å². The van der Waals surface area contributed by atoms with Crippen LogP contribution in [-0.2, 0) is 10.2 Å². The highest BCUT2D eigenvalue weighted by Gasteiger charge is 2.43. The van der Waals surface area contributed by atoms with Gasteiger partial charge in [-0.2, -0.15) is 5.10 Å². The van der Waals surface area contributed by atoms with Crippen LogP contribution in [0.25, 0.3) is 0 Å². The standard InChI is InChI=1S/C27H18Cl4O.C23H17Cl4N3O/c28-21-13-11-19(15-23(21)30)25(17-7-3-1-4-8-17)27(32)26(18-9-5-2-6-10-18)20-12-14-22(29)24(31)16-20;1-23(15-5-3-2-4-6-15)13-30(22(31)28-16-8-10-18(25)20(27)12-16)29-21(23)14-7-9-17(24)19(26)11-14/h1-16,25-26H;2-12H,13H2,1H3,(H,28,31). The summed E-state index contributed by atoms with van der Waals surface area (Å²) >= 11 is 49.4. The molecule has 7 aromatic rings. The van der Waals surface area contributed by atoms with Crippen LogP contribution in [-0.4, -0.2) is 29.1 Å². The van der Waals surface area contributed by atoms with Crippen molar-refractivity contribution in [2.75, 3.05) is 11.9 Å². The van der Waals surface area contributed by atoms with E-state index in [1.165, 1.54) is 5.01 Å². The molecule has 0 saturated carbocycles. The highest BCUT2D eigenvalue weighted by molar-refractivity contribution is 6.43. The summed E-state index contributed by atoms with van der Waals surface area (Å²) in [7, 11) is 0. The van der Waals surface area contributed by atoms with Crippen molar-refractivity contribution in [1.82, 2.24) is 5.01 Å². The van der Waals surface area contributed by atoms with Crippen molar-refractivity contribution in [3.8, 4) is 0 Å². The number of urea groups is 1. The van der Waals surface area contributed by atoms with Crippen LogP contribution < -0.4 is 5.32 Å². The first-order valence-electron chi connectivity index (χ1n) is 19.4. The first-order valence-corrected chi connectivity index (χ1v) is 22.4. The van der Waals surface area contributed by atoms with Gasteiger partial charge in [-0.15, -0.1) is 0 Å². The van der Waals surface area contributed by atoms with E-state index >= 15 is 0 Å². The van der Waals surface area contributed by atoms with Crippen molar-refractivity contribution >= 4 is 116 Å². The Hall–Kier alpha value is -4.53. The molecule has 0 aliphatic carbocycles. The number of hydrogen-bond acceptors (Lipinski definition) is 3. The van der Waals surface area contributed by atoms with Crippen molar-refractivity contribution in [2.24, 2.45) is 5.10 Å². The lowest BCUT2D eigenvalue weighted by Gasteiger charge is -2.27. The summed E-state index contributed by atoms with van der Waals surface area (Å²) in [5.74, 6) is -1.10. The van der Waals surface area contributed by atoms with E-state index in [4.69, 9.17) is 92.8 Å². The molecule has 5 nitrogen and oxygen atoms in total. The van der Waals surface area contributed by atoms with Gasteiger partial charge in [0.15, 0.2) is 5.78 Å². The molecule has 1 aliphatic rings. The molecule has 3 atom stereocenters. The Morgan fingerprint density at radius 1 is 0.508 bits per heavy atom. The molecule has 0 aromatic heterocycles. The Bertz CT molecular complexity index is 2710. The number of benzene rings is 7. The highest BCUT2D eigenvalue weighted by Crippen LogP contribution is 2.40. The van der Waals surface area contributed by atoms with Crippen LogP contribution >= 0.6 is 92.8 Å². The number of carbonyl (C=O) groups excluding carboxylic acids is 2. The topological polar surface area (TPSA) is 61.8 Å². The van der Waals surface area contributed by atoms with Crippen molar-refractivity contribution in [2.45, 2.75) is 24.2 Å². The Morgan fingerprint density at radius 3 is 1.40 bits per heavy atom. The van der Waals surface area contributed by atoms with Gasteiger partial charge in [0, 0.05) is 11.3 Å². The number of amides is 2. The summed E-state index contributed by atoms with van der Waals surface area (Å²) in [6, 6.07) is 49.8. The molecule has 3 unspecified atom stereocenters. The van der Waals surface area contributed by atoms with Gasteiger partial charge in [-0.25, -0.2) is 9.80 Å². The van der Waals surface area contributed by atoms with Crippen LogP contribution in [0.3, 0.4) is 0 Å². The van der Waals surface area contributed by atoms with E-state index in [1.54, 1.807) is 54.6 Å². The van der Waals surface area contributed by atoms with Gasteiger partial charge in [-0.3, -0.25) is 4.79 Å². The maximum absolute atomic E-state index is 14.3. The van der Waals surface area contributed by atoms with Gasteiger partial charge < -0.3 is 5.32 Å². The second-order valence-corrected chi connectivity index (χ2v) is 18.1. The number of halogens is 8. The molecule has 63 heavy (non-hydrogen) atoms. The third-order valence-electron chi connectivity index (χ3n) is 10.6. The first kappa shape index (κ1) is 46.5. The Morgan fingerprint density at radius 2 is 0.937 bits per heavy atom. The minimum Gasteiger partial charge on any atom is -0.306 e. The van der Waals surface area contributed by atoms with E-state index in [9.17, 15) is 9.59 Å². The zero-order valence-electron chi connectivity index (χ0n) is 33.2. The lowest BCUT2D eigenvalue weighted by molar-refractivity contribution is -0.120. The van der Waals surface area contributed by atoms with E-state index in [-0.39, 0.29) is 11.8 Å².